The molecular formula is C23H33N2P. The van der Waals surface area contributed by atoms with E-state index in [-0.39, 0.29) is 7.92 Å². The highest BCUT2D eigenvalue weighted by molar-refractivity contribution is 7.74. The van der Waals surface area contributed by atoms with Gasteiger partial charge in [0.15, 0.2) is 0 Å². The van der Waals surface area contributed by atoms with E-state index in [9.17, 15) is 0 Å². The number of benzene rings is 1. The fourth-order valence-electron chi connectivity index (χ4n) is 4.55. The number of hydrogen-bond donors (Lipinski definition) is 0. The molecule has 2 atom stereocenters. The molecule has 3 heteroatoms. The molecule has 1 aromatic carbocycles. The van der Waals surface area contributed by atoms with Gasteiger partial charge in [0.05, 0.1) is 0 Å². The number of hydrogen-bond acceptors (Lipinski definition) is 2. The van der Waals surface area contributed by atoms with Crippen LogP contribution in [0.3, 0.4) is 0 Å². The molecule has 26 heavy (non-hydrogen) atoms. The van der Waals surface area contributed by atoms with Gasteiger partial charge >= 0.3 is 0 Å². The molecule has 0 bridgehead atoms. The predicted molar refractivity (Wildman–Crippen MR) is 116 cm³/mol. The quantitative estimate of drug-likeness (QED) is 0.676. The zero-order chi connectivity index (χ0) is 18.1. The van der Waals surface area contributed by atoms with E-state index in [1.165, 1.54) is 44.5 Å². The fraction of sp³-hybridized carbons (Fsp3) is 0.565. The maximum Gasteiger partial charge on any atom is 0.0451 e. The van der Waals surface area contributed by atoms with Gasteiger partial charge in [-0.15, -0.1) is 0 Å². The van der Waals surface area contributed by atoms with Crippen molar-refractivity contribution < 1.29 is 0 Å². The summed E-state index contributed by atoms with van der Waals surface area (Å²) in [6.45, 7) is 9.48. The van der Waals surface area contributed by atoms with Crippen molar-refractivity contribution in [1.29, 1.82) is 0 Å². The molecule has 1 aliphatic heterocycles. The van der Waals surface area contributed by atoms with E-state index in [0.29, 0.717) is 0 Å². The van der Waals surface area contributed by atoms with Gasteiger partial charge in [-0.2, -0.15) is 0 Å². The molecule has 0 aromatic heterocycles. The minimum atomic E-state index is -0.301. The minimum absolute atomic E-state index is 0.301. The topological polar surface area (TPSA) is 6.48 Å². The van der Waals surface area contributed by atoms with E-state index in [1.807, 2.05) is 0 Å². The summed E-state index contributed by atoms with van der Waals surface area (Å²) in [5.41, 5.74) is 1.51. The summed E-state index contributed by atoms with van der Waals surface area (Å²) in [6.07, 6.45) is 10.3. The molecule has 2 nitrogen and oxygen atoms in total. The molecule has 140 valence electrons. The number of para-hydroxylation sites is 1. The average Bonchev–Trinajstić information content (AvgIpc) is 3.25. The summed E-state index contributed by atoms with van der Waals surface area (Å²) in [4.78, 5) is 5.09. The van der Waals surface area contributed by atoms with Crippen molar-refractivity contribution in [2.75, 3.05) is 38.1 Å². The highest BCUT2D eigenvalue weighted by Gasteiger charge is 2.31. The lowest BCUT2D eigenvalue weighted by Gasteiger charge is -2.37. The molecule has 0 amide bonds. The normalized spacial score (nSPS) is 28.2. The van der Waals surface area contributed by atoms with Crippen LogP contribution < -0.4 is 10.2 Å². The first-order valence-corrected chi connectivity index (χ1v) is 11.7. The largest absolute Gasteiger partial charge is 0.368 e. The first kappa shape index (κ1) is 18.3. The van der Waals surface area contributed by atoms with Crippen molar-refractivity contribution in [1.82, 2.24) is 4.90 Å². The van der Waals surface area contributed by atoms with Crippen LogP contribution in [-0.4, -0.2) is 38.1 Å². The lowest BCUT2D eigenvalue weighted by Crippen LogP contribution is -2.45. The maximum absolute atomic E-state index is 2.64. The van der Waals surface area contributed by atoms with Crippen LogP contribution in [0.1, 0.15) is 39.5 Å². The van der Waals surface area contributed by atoms with Gasteiger partial charge in [0.2, 0.25) is 0 Å². The summed E-state index contributed by atoms with van der Waals surface area (Å²) in [5, 5.41) is 5.11. The molecule has 0 saturated carbocycles. The fourth-order valence-corrected chi connectivity index (χ4v) is 7.78. The maximum atomic E-state index is 2.64. The second-order valence-electron chi connectivity index (χ2n) is 8.60. The zero-order valence-corrected chi connectivity index (χ0v) is 17.5. The Bertz CT molecular complexity index is 672. The molecule has 1 saturated heterocycles. The van der Waals surface area contributed by atoms with Gasteiger partial charge in [-0.3, -0.25) is 0 Å². The van der Waals surface area contributed by atoms with E-state index >= 15 is 0 Å². The summed E-state index contributed by atoms with van der Waals surface area (Å²) in [7, 11) is 1.94. The molecule has 0 N–H and O–H groups in total. The minimum Gasteiger partial charge on any atom is -0.368 e. The number of anilines is 1. The second kappa shape index (κ2) is 7.87. The van der Waals surface area contributed by atoms with Gasteiger partial charge < -0.3 is 9.80 Å². The number of likely N-dealkylation sites (N-methyl/N-ethyl adjacent to an activating group) is 1. The van der Waals surface area contributed by atoms with Gasteiger partial charge in [0.25, 0.3) is 0 Å². The highest BCUT2D eigenvalue weighted by Crippen LogP contribution is 2.60. The van der Waals surface area contributed by atoms with Crippen LogP contribution in [0.4, 0.5) is 5.69 Å². The highest BCUT2D eigenvalue weighted by atomic mass is 31.1. The Kier molecular flexibility index (Phi) is 5.53. The first-order valence-electron chi connectivity index (χ1n) is 10.3. The van der Waals surface area contributed by atoms with Crippen molar-refractivity contribution >= 4 is 18.9 Å². The van der Waals surface area contributed by atoms with Gasteiger partial charge in [0.1, 0.15) is 0 Å². The van der Waals surface area contributed by atoms with E-state index in [1.54, 1.807) is 15.9 Å². The Labute approximate surface area is 160 Å². The Morgan fingerprint density at radius 3 is 1.96 bits per heavy atom. The molecule has 1 fully saturated rings. The van der Waals surface area contributed by atoms with Crippen LogP contribution >= 0.6 is 7.92 Å². The monoisotopic (exact) mass is 368 g/mol. The zero-order valence-electron chi connectivity index (χ0n) is 16.6. The third kappa shape index (κ3) is 3.78. The SMILES string of the molecule is CC1CC=C(P(C2=CCC(C)C2)c2ccccc2N2CCN(C)CC2)C1. The van der Waals surface area contributed by atoms with Crippen molar-refractivity contribution in [2.24, 2.45) is 11.8 Å². The second-order valence-corrected chi connectivity index (χ2v) is 10.9. The molecule has 0 radical (unpaired) electrons. The molecule has 1 heterocycles. The Balaban J connectivity index is 1.70. The molecular weight excluding hydrogens is 335 g/mol. The number of allylic oxidation sites excluding steroid dienone is 4. The summed E-state index contributed by atoms with van der Waals surface area (Å²) < 4.78 is 0. The van der Waals surface area contributed by atoms with E-state index in [2.05, 4.69) is 67.1 Å². The van der Waals surface area contributed by atoms with E-state index < -0.39 is 0 Å². The predicted octanol–water partition coefficient (Wildman–Crippen LogP) is 5.17. The van der Waals surface area contributed by atoms with Crippen molar-refractivity contribution in [3.63, 3.8) is 0 Å². The third-order valence-electron chi connectivity index (χ3n) is 6.17. The lowest BCUT2D eigenvalue weighted by atomic mass is 10.1. The van der Waals surface area contributed by atoms with Crippen molar-refractivity contribution in [3.05, 3.63) is 47.0 Å². The number of piperazine rings is 1. The van der Waals surface area contributed by atoms with Gasteiger partial charge in [-0.05, 0) is 69.2 Å². The van der Waals surface area contributed by atoms with Gasteiger partial charge in [0, 0.05) is 37.2 Å². The van der Waals surface area contributed by atoms with Gasteiger partial charge in [-0.25, -0.2) is 0 Å². The molecule has 3 aliphatic rings. The van der Waals surface area contributed by atoms with Crippen molar-refractivity contribution in [3.8, 4) is 0 Å². The third-order valence-corrected chi connectivity index (χ3v) is 8.91. The standard InChI is InChI=1S/C23H33N2P/c1-18-8-10-20(16-18)26(21-11-9-19(2)17-21)23-7-5-4-6-22(23)25-14-12-24(3)13-15-25/h4-7,10-11,18-19H,8-9,12-17H2,1-3H3. The molecule has 1 aromatic rings. The van der Waals surface area contributed by atoms with Gasteiger partial charge in [-0.1, -0.05) is 44.2 Å². The molecule has 4 rings (SSSR count). The van der Waals surface area contributed by atoms with Crippen molar-refractivity contribution in [2.45, 2.75) is 39.5 Å². The number of nitrogens with zero attached hydrogens (tertiary/aromatic N) is 2. The van der Waals surface area contributed by atoms with Crippen LogP contribution in [0.15, 0.2) is 47.0 Å². The Morgan fingerprint density at radius 1 is 0.846 bits per heavy atom. The van der Waals surface area contributed by atoms with Crippen LogP contribution in [0.25, 0.3) is 0 Å². The lowest BCUT2D eigenvalue weighted by molar-refractivity contribution is 0.313. The average molecular weight is 369 g/mol. The summed E-state index contributed by atoms with van der Waals surface area (Å²) in [6, 6.07) is 9.32. The summed E-state index contributed by atoms with van der Waals surface area (Å²) >= 11 is 0. The Morgan fingerprint density at radius 2 is 1.42 bits per heavy atom. The number of rotatable bonds is 4. The van der Waals surface area contributed by atoms with Crippen LogP contribution in [-0.2, 0) is 0 Å². The van der Waals surface area contributed by atoms with Crippen LogP contribution in [0.2, 0.25) is 0 Å². The molecule has 2 unspecified atom stereocenters. The molecule has 2 aliphatic carbocycles. The van der Waals surface area contributed by atoms with Crippen LogP contribution in [0, 0.1) is 11.8 Å². The van der Waals surface area contributed by atoms with Crippen LogP contribution in [0.5, 0.6) is 0 Å². The Hall–Kier alpha value is -1.11. The smallest absolute Gasteiger partial charge is 0.0451 e. The summed E-state index contributed by atoms with van der Waals surface area (Å²) in [5.74, 6) is 1.65. The first-order chi connectivity index (χ1) is 12.6. The van der Waals surface area contributed by atoms with E-state index in [4.69, 9.17) is 0 Å². The molecule has 0 spiro atoms. The van der Waals surface area contributed by atoms with E-state index in [0.717, 1.165) is 24.9 Å².